The number of carbonyl (C=O) groups is 1. The summed E-state index contributed by atoms with van der Waals surface area (Å²) >= 11 is 0. The molecule has 0 aliphatic carbocycles. The number of para-hydroxylation sites is 1. The number of rotatable bonds is 3. The van der Waals surface area contributed by atoms with E-state index in [9.17, 15) is 4.79 Å². The van der Waals surface area contributed by atoms with Gasteiger partial charge in [-0.3, -0.25) is 0 Å². The van der Waals surface area contributed by atoms with Gasteiger partial charge >= 0.3 is 6.03 Å². The maximum absolute atomic E-state index is 12.2. The quantitative estimate of drug-likeness (QED) is 0.914. The molecule has 5 nitrogen and oxygen atoms in total. The van der Waals surface area contributed by atoms with Crippen molar-refractivity contribution in [2.75, 3.05) is 20.1 Å². The van der Waals surface area contributed by atoms with Crippen molar-refractivity contribution in [1.29, 1.82) is 0 Å². The first kappa shape index (κ1) is 15.9. The van der Waals surface area contributed by atoms with Crippen LogP contribution >= 0.6 is 0 Å². The normalized spacial score (nSPS) is 18.0. The van der Waals surface area contributed by atoms with Crippen LogP contribution in [0.5, 0.6) is 0 Å². The number of carbonyl (C=O) groups excluding carboxylic acids is 1. The van der Waals surface area contributed by atoms with E-state index in [1.54, 1.807) is 0 Å². The molecule has 0 radical (unpaired) electrons. The van der Waals surface area contributed by atoms with Gasteiger partial charge in [0.2, 0.25) is 0 Å². The second-order valence-corrected chi connectivity index (χ2v) is 6.50. The molecule has 1 aliphatic rings. The molecule has 124 valence electrons. The van der Waals surface area contributed by atoms with Crippen LogP contribution < -0.4 is 10.6 Å². The summed E-state index contributed by atoms with van der Waals surface area (Å²) in [6, 6.07) is 7.94. The van der Waals surface area contributed by atoms with Crippen molar-refractivity contribution in [1.82, 2.24) is 15.5 Å². The molecule has 1 fully saturated rings. The first-order chi connectivity index (χ1) is 11.0. The Morgan fingerprint density at radius 1 is 1.30 bits per heavy atom. The molecule has 2 heterocycles. The highest BCUT2D eigenvalue weighted by Gasteiger charge is 2.21. The van der Waals surface area contributed by atoms with Gasteiger partial charge in [0.15, 0.2) is 0 Å². The Labute approximate surface area is 137 Å². The minimum absolute atomic E-state index is 0.119. The van der Waals surface area contributed by atoms with E-state index in [0.717, 1.165) is 48.2 Å². The zero-order chi connectivity index (χ0) is 16.4. The van der Waals surface area contributed by atoms with Gasteiger partial charge in [0.1, 0.15) is 11.3 Å². The Bertz CT molecular complexity index is 687. The van der Waals surface area contributed by atoms with Crippen molar-refractivity contribution in [3.05, 3.63) is 35.6 Å². The number of hydrogen-bond acceptors (Lipinski definition) is 3. The van der Waals surface area contributed by atoms with Crippen LogP contribution in [0.4, 0.5) is 4.79 Å². The van der Waals surface area contributed by atoms with Crippen LogP contribution in [0, 0.1) is 6.92 Å². The largest absolute Gasteiger partial charge is 0.459 e. The van der Waals surface area contributed by atoms with Crippen LogP contribution in [0.2, 0.25) is 0 Å². The highest BCUT2D eigenvalue weighted by molar-refractivity contribution is 5.82. The number of likely N-dealkylation sites (tertiary alicyclic amines) is 1. The van der Waals surface area contributed by atoms with Crippen molar-refractivity contribution >= 4 is 17.0 Å². The van der Waals surface area contributed by atoms with E-state index in [1.807, 2.05) is 38.1 Å². The Morgan fingerprint density at radius 2 is 2.00 bits per heavy atom. The topological polar surface area (TPSA) is 57.5 Å². The van der Waals surface area contributed by atoms with E-state index < -0.39 is 0 Å². The van der Waals surface area contributed by atoms with Gasteiger partial charge in [0, 0.05) is 17.0 Å². The van der Waals surface area contributed by atoms with Gasteiger partial charge in [-0.15, -0.1) is 0 Å². The molecular formula is C18H25N3O2. The number of furan rings is 1. The van der Waals surface area contributed by atoms with E-state index in [4.69, 9.17) is 4.42 Å². The van der Waals surface area contributed by atoms with Crippen LogP contribution in [0.3, 0.4) is 0 Å². The Balaban J connectivity index is 1.62. The third-order valence-corrected chi connectivity index (χ3v) is 4.68. The van der Waals surface area contributed by atoms with Gasteiger partial charge < -0.3 is 20.0 Å². The maximum Gasteiger partial charge on any atom is 0.315 e. The van der Waals surface area contributed by atoms with Gasteiger partial charge in [0.25, 0.3) is 0 Å². The molecule has 1 atom stereocenters. The summed E-state index contributed by atoms with van der Waals surface area (Å²) in [7, 11) is 2.11. The number of nitrogens with one attached hydrogen (secondary N) is 2. The van der Waals surface area contributed by atoms with Gasteiger partial charge in [-0.2, -0.15) is 0 Å². The molecular weight excluding hydrogens is 290 g/mol. The molecule has 2 amide bonds. The molecule has 1 aromatic carbocycles. The van der Waals surface area contributed by atoms with E-state index in [1.165, 1.54) is 0 Å². The second-order valence-electron chi connectivity index (χ2n) is 6.50. The number of fused-ring (bicyclic) bond motifs is 1. The van der Waals surface area contributed by atoms with Crippen LogP contribution in [0.15, 0.2) is 28.7 Å². The predicted octanol–water partition coefficient (Wildman–Crippen LogP) is 3.20. The molecule has 0 saturated carbocycles. The summed E-state index contributed by atoms with van der Waals surface area (Å²) in [6.45, 7) is 6.06. The van der Waals surface area contributed by atoms with Gasteiger partial charge in [0.05, 0.1) is 6.04 Å². The van der Waals surface area contributed by atoms with Crippen molar-refractivity contribution in [2.24, 2.45) is 0 Å². The lowest BCUT2D eigenvalue weighted by Gasteiger charge is -2.29. The molecule has 1 saturated heterocycles. The fourth-order valence-electron chi connectivity index (χ4n) is 3.25. The summed E-state index contributed by atoms with van der Waals surface area (Å²) < 4.78 is 5.92. The molecule has 0 spiro atoms. The molecule has 0 unspecified atom stereocenters. The van der Waals surface area contributed by atoms with E-state index >= 15 is 0 Å². The van der Waals surface area contributed by atoms with Crippen molar-refractivity contribution < 1.29 is 9.21 Å². The number of amides is 2. The van der Waals surface area contributed by atoms with Gasteiger partial charge in [-0.05, 0) is 52.9 Å². The lowest BCUT2D eigenvalue weighted by atomic mass is 10.1. The SMILES string of the molecule is Cc1c([C@H](C)NC(=O)NC2CCN(C)CC2)oc2ccccc12. The third kappa shape index (κ3) is 3.50. The summed E-state index contributed by atoms with van der Waals surface area (Å²) in [5.41, 5.74) is 1.96. The zero-order valence-corrected chi connectivity index (χ0v) is 14.1. The van der Waals surface area contributed by atoms with Crippen LogP contribution in [-0.2, 0) is 0 Å². The molecule has 3 rings (SSSR count). The Kier molecular flexibility index (Phi) is 4.57. The Hall–Kier alpha value is -2.01. The van der Waals surface area contributed by atoms with Crippen LogP contribution in [0.1, 0.15) is 37.1 Å². The minimum Gasteiger partial charge on any atom is -0.459 e. The fourth-order valence-corrected chi connectivity index (χ4v) is 3.25. The number of hydrogen-bond donors (Lipinski definition) is 2. The highest BCUT2D eigenvalue weighted by atomic mass is 16.3. The minimum atomic E-state index is -0.159. The lowest BCUT2D eigenvalue weighted by molar-refractivity contribution is 0.211. The smallest absolute Gasteiger partial charge is 0.315 e. The van der Waals surface area contributed by atoms with Crippen molar-refractivity contribution in [2.45, 2.75) is 38.8 Å². The van der Waals surface area contributed by atoms with Gasteiger partial charge in [-0.1, -0.05) is 18.2 Å². The number of aryl methyl sites for hydroxylation is 1. The summed E-state index contributed by atoms with van der Waals surface area (Å²) in [5, 5.41) is 7.18. The molecule has 1 aliphatic heterocycles. The van der Waals surface area contributed by atoms with Crippen LogP contribution in [0.25, 0.3) is 11.0 Å². The average molecular weight is 315 g/mol. The molecule has 5 heteroatoms. The maximum atomic E-state index is 12.2. The van der Waals surface area contributed by atoms with Gasteiger partial charge in [-0.25, -0.2) is 4.79 Å². The van der Waals surface area contributed by atoms with E-state index in [-0.39, 0.29) is 18.1 Å². The van der Waals surface area contributed by atoms with Crippen molar-refractivity contribution in [3.8, 4) is 0 Å². The van der Waals surface area contributed by atoms with Crippen molar-refractivity contribution in [3.63, 3.8) is 0 Å². The number of urea groups is 1. The standard InChI is InChI=1S/C18H25N3O2/c1-12-15-6-4-5-7-16(15)23-17(12)13(2)19-18(22)20-14-8-10-21(3)11-9-14/h4-7,13-14H,8-11H2,1-3H3,(H2,19,20,22)/t13-/m0/s1. The monoisotopic (exact) mass is 315 g/mol. The molecule has 1 aromatic heterocycles. The molecule has 23 heavy (non-hydrogen) atoms. The first-order valence-corrected chi connectivity index (χ1v) is 8.28. The molecule has 2 aromatic rings. The van der Waals surface area contributed by atoms with E-state index in [0.29, 0.717) is 0 Å². The predicted molar refractivity (Wildman–Crippen MR) is 91.6 cm³/mol. The van der Waals surface area contributed by atoms with E-state index in [2.05, 4.69) is 22.6 Å². The zero-order valence-electron chi connectivity index (χ0n) is 14.1. The lowest BCUT2D eigenvalue weighted by Crippen LogP contribution is -2.47. The third-order valence-electron chi connectivity index (χ3n) is 4.68. The van der Waals surface area contributed by atoms with Crippen LogP contribution in [-0.4, -0.2) is 37.1 Å². The molecule has 0 bridgehead atoms. The summed E-state index contributed by atoms with van der Waals surface area (Å²) in [5.74, 6) is 0.824. The average Bonchev–Trinajstić information content (AvgIpc) is 2.87. The summed E-state index contributed by atoms with van der Waals surface area (Å²) in [4.78, 5) is 14.5. The second kappa shape index (κ2) is 6.62. The number of nitrogens with zero attached hydrogens (tertiary/aromatic N) is 1. The number of benzene rings is 1. The summed E-state index contributed by atoms with van der Waals surface area (Å²) in [6.07, 6.45) is 2.00. The first-order valence-electron chi connectivity index (χ1n) is 8.28. The Morgan fingerprint density at radius 3 is 2.70 bits per heavy atom. The molecule has 2 N–H and O–H groups in total. The highest BCUT2D eigenvalue weighted by Crippen LogP contribution is 2.29. The number of piperidine rings is 1. The fraction of sp³-hybridized carbons (Fsp3) is 0.500.